The minimum atomic E-state index is -4.16. The van der Waals surface area contributed by atoms with E-state index < -0.39 is 56.7 Å². The van der Waals surface area contributed by atoms with Crippen LogP contribution in [0.25, 0.3) is 22.2 Å². The number of aliphatic hydroxyl groups is 2. The minimum absolute atomic E-state index is 0.0224. The van der Waals surface area contributed by atoms with E-state index in [1.165, 1.54) is 13.2 Å². The summed E-state index contributed by atoms with van der Waals surface area (Å²) in [6.07, 6.45) is 7.11. The standard InChI is InChI=1S/C43H49F2N11O7S/c1-3-53(2)64(62,63)52-33-9-8-32(44)37(38(33)45)39(59)31-25-47-40-30(31)20-26(22-46-40)27-23-48-42(49-24-27)56-18-16-55(17-19-56)36(58)21-43(61)12-14-54(15-13-43)29-6-4-28(5-7-29)50-34-10-11-35(57)51-41(34)60/h4-9,20,22-25,34-35,50,52,57,61H,3,10-19,21H2,1-2H3,(H,46,47)(H,51,60). The second-order valence-electron chi connectivity index (χ2n) is 16.3. The molecule has 2 atom stereocenters. The molecule has 5 aromatic rings. The summed E-state index contributed by atoms with van der Waals surface area (Å²) in [6.45, 7) is 4.63. The Hall–Kier alpha value is -6.29. The van der Waals surface area contributed by atoms with Crippen molar-refractivity contribution >= 4 is 61.9 Å². The van der Waals surface area contributed by atoms with Crippen LogP contribution in [0, 0.1) is 11.6 Å². The Kier molecular flexibility index (Phi) is 12.5. The normalized spacial score (nSPS) is 19.2. The first kappa shape index (κ1) is 44.3. The number of carbonyl (C=O) groups excluding carboxylic acids is 3. The molecule has 3 aliphatic heterocycles. The maximum atomic E-state index is 15.6. The molecule has 2 amide bonds. The lowest BCUT2D eigenvalue weighted by molar-refractivity contribution is -0.137. The molecule has 6 heterocycles. The number of ketones is 1. The fraction of sp³-hybridized carbons (Fsp3) is 0.395. The molecule has 3 aliphatic rings. The Morgan fingerprint density at radius 3 is 2.30 bits per heavy atom. The highest BCUT2D eigenvalue weighted by molar-refractivity contribution is 7.90. The molecule has 338 valence electrons. The van der Waals surface area contributed by atoms with Gasteiger partial charge in [-0.15, -0.1) is 0 Å². The molecule has 3 saturated heterocycles. The van der Waals surface area contributed by atoms with Crippen molar-refractivity contribution in [3.05, 3.63) is 90.0 Å². The third-order valence-electron chi connectivity index (χ3n) is 12.2. The van der Waals surface area contributed by atoms with Crippen LogP contribution in [0.4, 0.5) is 31.8 Å². The molecule has 2 aromatic carbocycles. The number of piperazine rings is 1. The van der Waals surface area contributed by atoms with E-state index in [4.69, 9.17) is 0 Å². The number of piperidine rings is 2. The van der Waals surface area contributed by atoms with E-state index in [0.29, 0.717) is 82.0 Å². The lowest BCUT2D eigenvalue weighted by Crippen LogP contribution is -2.52. The molecule has 18 nitrogen and oxygen atoms in total. The highest BCUT2D eigenvalue weighted by Gasteiger charge is 2.37. The fourth-order valence-electron chi connectivity index (χ4n) is 8.15. The van der Waals surface area contributed by atoms with Gasteiger partial charge in [-0.2, -0.15) is 12.7 Å². The smallest absolute Gasteiger partial charge is 0.301 e. The molecule has 64 heavy (non-hydrogen) atoms. The Balaban J connectivity index is 0.845. The van der Waals surface area contributed by atoms with Gasteiger partial charge in [0.25, 0.3) is 0 Å². The van der Waals surface area contributed by atoms with E-state index in [1.54, 1.807) is 36.5 Å². The molecular weight excluding hydrogens is 853 g/mol. The number of amides is 2. The number of hydrogen-bond acceptors (Lipinski definition) is 13. The van der Waals surface area contributed by atoms with Crippen LogP contribution in [-0.2, 0) is 19.8 Å². The van der Waals surface area contributed by atoms with E-state index >= 15 is 8.78 Å². The Bertz CT molecular complexity index is 2650. The topological polar surface area (TPSA) is 229 Å². The van der Waals surface area contributed by atoms with Crippen LogP contribution in [0.1, 0.15) is 54.9 Å². The van der Waals surface area contributed by atoms with E-state index in [1.807, 2.05) is 29.2 Å². The predicted molar refractivity (Wildman–Crippen MR) is 235 cm³/mol. The van der Waals surface area contributed by atoms with Crippen LogP contribution < -0.4 is 25.2 Å². The number of pyridine rings is 1. The van der Waals surface area contributed by atoms with E-state index in [0.717, 1.165) is 27.8 Å². The highest BCUT2D eigenvalue weighted by atomic mass is 32.2. The second-order valence-corrected chi connectivity index (χ2v) is 18.1. The van der Waals surface area contributed by atoms with Crippen molar-refractivity contribution in [3.63, 3.8) is 0 Å². The summed E-state index contributed by atoms with van der Waals surface area (Å²) in [5.41, 5.74) is 0.431. The number of aliphatic hydroxyl groups excluding tert-OH is 1. The van der Waals surface area contributed by atoms with Gasteiger partial charge in [-0.1, -0.05) is 6.92 Å². The average Bonchev–Trinajstić information content (AvgIpc) is 3.72. The molecule has 6 N–H and O–H groups in total. The zero-order chi connectivity index (χ0) is 45.3. The first-order chi connectivity index (χ1) is 30.6. The lowest BCUT2D eigenvalue weighted by Gasteiger charge is -2.41. The molecule has 21 heteroatoms. The minimum Gasteiger partial charge on any atom is -0.389 e. The summed E-state index contributed by atoms with van der Waals surface area (Å²) < 4.78 is 58.7. The summed E-state index contributed by atoms with van der Waals surface area (Å²) >= 11 is 0. The summed E-state index contributed by atoms with van der Waals surface area (Å²) in [5.74, 6) is -3.44. The van der Waals surface area contributed by atoms with Crippen LogP contribution in [-0.4, -0.2) is 136 Å². The van der Waals surface area contributed by atoms with Crippen LogP contribution in [0.3, 0.4) is 0 Å². The van der Waals surface area contributed by atoms with Crippen LogP contribution in [0.5, 0.6) is 0 Å². The third kappa shape index (κ3) is 9.33. The number of anilines is 4. The number of benzene rings is 2. The maximum Gasteiger partial charge on any atom is 0.301 e. The maximum absolute atomic E-state index is 15.6. The number of H-pyrrole nitrogens is 1. The average molecular weight is 902 g/mol. The van der Waals surface area contributed by atoms with Gasteiger partial charge in [0, 0.05) is 111 Å². The zero-order valence-electron chi connectivity index (χ0n) is 35.2. The number of nitrogens with one attached hydrogen (secondary N) is 4. The molecule has 0 spiro atoms. The number of hydrogen-bond donors (Lipinski definition) is 6. The monoisotopic (exact) mass is 901 g/mol. The van der Waals surface area contributed by atoms with Crippen LogP contribution in [0.2, 0.25) is 0 Å². The highest BCUT2D eigenvalue weighted by Crippen LogP contribution is 2.32. The summed E-state index contributed by atoms with van der Waals surface area (Å²) in [6, 6.07) is 10.7. The van der Waals surface area contributed by atoms with Crippen molar-refractivity contribution in [1.29, 1.82) is 0 Å². The number of halogens is 2. The van der Waals surface area contributed by atoms with Gasteiger partial charge in [-0.25, -0.2) is 23.7 Å². The number of aromatic amines is 1. The van der Waals surface area contributed by atoms with Crippen molar-refractivity contribution in [3.8, 4) is 11.1 Å². The van der Waals surface area contributed by atoms with Gasteiger partial charge in [0.15, 0.2) is 5.82 Å². The summed E-state index contributed by atoms with van der Waals surface area (Å²) in [4.78, 5) is 61.5. The fourth-order valence-corrected chi connectivity index (χ4v) is 9.08. The molecule has 0 bridgehead atoms. The number of rotatable bonds is 13. The number of aromatic nitrogens is 4. The molecule has 0 aliphatic carbocycles. The van der Waals surface area contributed by atoms with Gasteiger partial charge >= 0.3 is 10.2 Å². The SMILES string of the molecule is CCN(C)S(=O)(=O)Nc1ccc(F)c(C(=O)c2c[nH]c3ncc(-c4cnc(N5CCN(C(=O)CC6(O)CCN(c7ccc(NC8CCC(O)NC8=O)cc7)CC6)CC5)nc4)cc23)c1F. The molecular formula is C43H49F2N11O7S. The molecule has 8 rings (SSSR count). The van der Waals surface area contributed by atoms with E-state index in [-0.39, 0.29) is 41.4 Å². The summed E-state index contributed by atoms with van der Waals surface area (Å²) in [5, 5.41) is 27.1. The molecule has 2 unspecified atom stereocenters. The van der Waals surface area contributed by atoms with Crippen molar-refractivity contribution in [2.24, 2.45) is 0 Å². The lowest BCUT2D eigenvalue weighted by atomic mass is 9.87. The zero-order valence-corrected chi connectivity index (χ0v) is 36.0. The quantitative estimate of drug-likeness (QED) is 0.0935. The van der Waals surface area contributed by atoms with Gasteiger partial charge in [0.2, 0.25) is 23.5 Å². The Morgan fingerprint density at radius 1 is 0.938 bits per heavy atom. The largest absolute Gasteiger partial charge is 0.389 e. The molecule has 0 radical (unpaired) electrons. The molecule has 3 fully saturated rings. The first-order valence-electron chi connectivity index (χ1n) is 21.0. The molecule has 3 aromatic heterocycles. The summed E-state index contributed by atoms with van der Waals surface area (Å²) in [7, 11) is -2.87. The first-order valence-corrected chi connectivity index (χ1v) is 22.5. The molecule has 0 saturated carbocycles. The van der Waals surface area contributed by atoms with Gasteiger partial charge < -0.3 is 40.5 Å². The number of fused-ring (bicyclic) bond motifs is 1. The van der Waals surface area contributed by atoms with Crippen molar-refractivity contribution in [1.82, 2.24) is 34.5 Å². The van der Waals surface area contributed by atoms with Crippen LogP contribution >= 0.6 is 0 Å². The third-order valence-corrected chi connectivity index (χ3v) is 13.7. The van der Waals surface area contributed by atoms with E-state index in [9.17, 15) is 33.0 Å². The van der Waals surface area contributed by atoms with Gasteiger partial charge in [-0.3, -0.25) is 19.1 Å². The Labute approximate surface area is 367 Å². The van der Waals surface area contributed by atoms with Crippen molar-refractivity contribution in [2.75, 3.05) is 72.7 Å². The van der Waals surface area contributed by atoms with Gasteiger partial charge in [0.1, 0.15) is 23.7 Å². The Morgan fingerprint density at radius 2 is 1.62 bits per heavy atom. The number of nitrogens with zero attached hydrogens (tertiary/aromatic N) is 7. The van der Waals surface area contributed by atoms with Crippen molar-refractivity contribution in [2.45, 2.75) is 56.9 Å². The van der Waals surface area contributed by atoms with Gasteiger partial charge in [-0.05, 0) is 68.1 Å². The van der Waals surface area contributed by atoms with E-state index in [2.05, 4.69) is 40.2 Å². The predicted octanol–water partition coefficient (Wildman–Crippen LogP) is 3.22. The van der Waals surface area contributed by atoms with Gasteiger partial charge in [0.05, 0.1) is 23.3 Å². The number of carbonyl (C=O) groups is 3. The van der Waals surface area contributed by atoms with Crippen LogP contribution in [0.15, 0.2) is 67.3 Å². The second kappa shape index (κ2) is 18.1. The van der Waals surface area contributed by atoms with Crippen molar-refractivity contribution < 1.29 is 41.8 Å².